The summed E-state index contributed by atoms with van der Waals surface area (Å²) in [6.45, 7) is 10.6. The van der Waals surface area contributed by atoms with Gasteiger partial charge in [0.2, 0.25) is 5.91 Å². The fraction of sp³-hybridized carbons (Fsp3) is 0.405. The molecule has 2 aliphatic rings. The molecule has 2 saturated heterocycles. The number of nitrogens with two attached hydrogens (primary N) is 1. The smallest absolute Gasteiger partial charge is 0.405 e. The van der Waals surface area contributed by atoms with Gasteiger partial charge >= 0.3 is 6.09 Å². The molecule has 14 nitrogen and oxygen atoms in total. The molecule has 14 heteroatoms. The average Bonchev–Trinajstić information content (AvgIpc) is 4.06. The van der Waals surface area contributed by atoms with Gasteiger partial charge in [0.25, 0.3) is 5.91 Å². The van der Waals surface area contributed by atoms with Crippen LogP contribution >= 0.6 is 0 Å². The molecule has 56 heavy (non-hydrogen) atoms. The largest absolute Gasteiger partial charge is 0.436 e. The minimum Gasteiger partial charge on any atom is -0.436 e. The first kappa shape index (κ1) is 38.4. The second kappa shape index (κ2) is 16.9. The first-order valence-corrected chi connectivity index (χ1v) is 19.6. The lowest BCUT2D eigenvalue weighted by atomic mass is 10.0. The van der Waals surface area contributed by atoms with Gasteiger partial charge in [-0.25, -0.2) is 24.7 Å². The number of amides is 3. The SMILES string of the molecule is CCN(CC)C(C(=O)N1CCC[C@H]1c1ncc(-c2ccc(-c3ncc(-c4cnc([C@@H]5CCCN5C(=O)C(OC(N)=O)C(C)C)[nH]4)cn3)cc2)[nH]1)c1ccccc1. The van der Waals surface area contributed by atoms with Crippen molar-refractivity contribution < 1.29 is 19.1 Å². The highest BCUT2D eigenvalue weighted by atomic mass is 16.6. The van der Waals surface area contributed by atoms with Gasteiger partial charge in [-0.3, -0.25) is 14.5 Å². The van der Waals surface area contributed by atoms with E-state index < -0.39 is 12.2 Å². The Kier molecular flexibility index (Phi) is 11.6. The minimum absolute atomic E-state index is 0.115. The summed E-state index contributed by atoms with van der Waals surface area (Å²) in [4.78, 5) is 70.5. The summed E-state index contributed by atoms with van der Waals surface area (Å²) in [6, 6.07) is 17.3. The number of H-pyrrole nitrogens is 2. The quantitative estimate of drug-likeness (QED) is 0.122. The predicted octanol–water partition coefficient (Wildman–Crippen LogP) is 6.45. The number of hydrogen-bond donors (Lipinski definition) is 3. The lowest BCUT2D eigenvalue weighted by Gasteiger charge is -2.34. The number of rotatable bonds is 13. The number of aromatic nitrogens is 6. The van der Waals surface area contributed by atoms with E-state index >= 15 is 0 Å². The maximum Gasteiger partial charge on any atom is 0.405 e. The van der Waals surface area contributed by atoms with Crippen LogP contribution in [0.3, 0.4) is 0 Å². The molecular formula is C42H50N10O4. The lowest BCUT2D eigenvalue weighted by molar-refractivity contribution is -0.143. The highest BCUT2D eigenvalue weighted by molar-refractivity contribution is 5.85. The number of imidazole rings is 2. The highest BCUT2D eigenvalue weighted by Crippen LogP contribution is 2.36. The number of benzene rings is 2. The number of nitrogens with zero attached hydrogens (tertiary/aromatic N) is 7. The number of carbonyl (C=O) groups is 3. The Labute approximate surface area is 326 Å². The van der Waals surface area contributed by atoms with Crippen molar-refractivity contribution in [2.24, 2.45) is 11.7 Å². The van der Waals surface area contributed by atoms with Crippen LogP contribution in [-0.4, -0.2) is 94.8 Å². The molecule has 2 aliphatic heterocycles. The van der Waals surface area contributed by atoms with Crippen LogP contribution in [0.4, 0.5) is 4.79 Å². The molecule has 2 unspecified atom stereocenters. The van der Waals surface area contributed by atoms with Crippen molar-refractivity contribution in [2.45, 2.75) is 77.6 Å². The number of nitrogens with one attached hydrogen (secondary N) is 2. The highest BCUT2D eigenvalue weighted by Gasteiger charge is 2.39. The number of likely N-dealkylation sites (N-methyl/N-ethyl adjacent to an activating group) is 1. The van der Waals surface area contributed by atoms with Crippen LogP contribution in [0.5, 0.6) is 0 Å². The zero-order valence-corrected chi connectivity index (χ0v) is 32.4. The van der Waals surface area contributed by atoms with Crippen molar-refractivity contribution in [3.05, 3.63) is 96.6 Å². The normalized spacial score (nSPS) is 18.1. The van der Waals surface area contributed by atoms with Crippen molar-refractivity contribution in [2.75, 3.05) is 26.2 Å². The molecule has 5 heterocycles. The number of carbonyl (C=O) groups excluding carboxylic acids is 3. The van der Waals surface area contributed by atoms with E-state index in [9.17, 15) is 14.4 Å². The summed E-state index contributed by atoms with van der Waals surface area (Å²) in [6.07, 6.45) is 8.45. The molecule has 292 valence electrons. The van der Waals surface area contributed by atoms with Gasteiger partial charge in [-0.2, -0.15) is 0 Å². The Morgan fingerprint density at radius 3 is 1.82 bits per heavy atom. The van der Waals surface area contributed by atoms with Gasteiger partial charge < -0.3 is 30.2 Å². The Hall–Kier alpha value is -5.89. The Morgan fingerprint density at radius 2 is 1.29 bits per heavy atom. The van der Waals surface area contributed by atoms with Gasteiger partial charge in [0.1, 0.15) is 17.7 Å². The number of ether oxygens (including phenoxy) is 1. The molecule has 3 amide bonds. The first-order chi connectivity index (χ1) is 27.2. The summed E-state index contributed by atoms with van der Waals surface area (Å²) in [5.74, 6) is 1.64. The van der Waals surface area contributed by atoms with Gasteiger partial charge in [-0.15, -0.1) is 0 Å². The van der Waals surface area contributed by atoms with Gasteiger partial charge in [0.05, 0.1) is 35.9 Å². The predicted molar refractivity (Wildman–Crippen MR) is 211 cm³/mol. The van der Waals surface area contributed by atoms with Crippen LogP contribution in [0.15, 0.2) is 79.4 Å². The van der Waals surface area contributed by atoms with Crippen molar-refractivity contribution in [1.29, 1.82) is 0 Å². The van der Waals surface area contributed by atoms with E-state index in [0.29, 0.717) is 24.7 Å². The van der Waals surface area contributed by atoms with Gasteiger partial charge in [-0.1, -0.05) is 82.3 Å². The van der Waals surface area contributed by atoms with Crippen molar-refractivity contribution >= 4 is 17.9 Å². The van der Waals surface area contributed by atoms with E-state index in [4.69, 9.17) is 15.5 Å². The molecule has 0 spiro atoms. The van der Waals surface area contributed by atoms with Gasteiger partial charge in [0, 0.05) is 36.6 Å². The Bertz CT molecular complexity index is 2110. The molecular weight excluding hydrogens is 709 g/mol. The third-order valence-electron chi connectivity index (χ3n) is 10.9. The molecule has 7 rings (SSSR count). The second-order valence-corrected chi connectivity index (χ2v) is 14.8. The van der Waals surface area contributed by atoms with E-state index in [1.54, 1.807) is 23.5 Å². The topological polar surface area (TPSA) is 179 Å². The summed E-state index contributed by atoms with van der Waals surface area (Å²) >= 11 is 0. The lowest BCUT2D eigenvalue weighted by Crippen LogP contribution is -2.44. The van der Waals surface area contributed by atoms with Crippen LogP contribution in [0, 0.1) is 5.92 Å². The number of aromatic amines is 2. The van der Waals surface area contributed by atoms with Gasteiger partial charge in [-0.05, 0) is 55.8 Å². The molecule has 4 N–H and O–H groups in total. The minimum atomic E-state index is -0.968. The summed E-state index contributed by atoms with van der Waals surface area (Å²) < 4.78 is 5.17. The monoisotopic (exact) mass is 758 g/mol. The fourth-order valence-corrected chi connectivity index (χ4v) is 8.00. The Morgan fingerprint density at radius 1 is 0.750 bits per heavy atom. The van der Waals surface area contributed by atoms with E-state index in [0.717, 1.165) is 78.2 Å². The third kappa shape index (κ3) is 7.92. The van der Waals surface area contributed by atoms with Crippen LogP contribution < -0.4 is 5.73 Å². The molecule has 0 saturated carbocycles. The molecule has 5 aromatic rings. The van der Waals surface area contributed by atoms with E-state index in [-0.39, 0.29) is 35.9 Å². The maximum absolute atomic E-state index is 14.2. The molecule has 0 radical (unpaired) electrons. The Balaban J connectivity index is 1.02. The molecule has 0 bridgehead atoms. The van der Waals surface area contributed by atoms with Crippen LogP contribution in [-0.2, 0) is 14.3 Å². The van der Waals surface area contributed by atoms with E-state index in [2.05, 4.69) is 43.7 Å². The van der Waals surface area contributed by atoms with E-state index in [1.165, 1.54) is 0 Å². The van der Waals surface area contributed by atoms with Gasteiger partial charge in [0.15, 0.2) is 11.9 Å². The molecule has 3 aromatic heterocycles. The van der Waals surface area contributed by atoms with Crippen LogP contribution in [0.2, 0.25) is 0 Å². The molecule has 0 aliphatic carbocycles. The number of primary amides is 1. The molecule has 4 atom stereocenters. The van der Waals surface area contributed by atoms with Crippen molar-refractivity contribution in [3.8, 4) is 33.9 Å². The zero-order valence-electron chi connectivity index (χ0n) is 32.4. The fourth-order valence-electron chi connectivity index (χ4n) is 8.00. The number of likely N-dealkylation sites (tertiary alicyclic amines) is 2. The van der Waals surface area contributed by atoms with Crippen molar-refractivity contribution in [3.63, 3.8) is 0 Å². The molecule has 2 fully saturated rings. The molecule has 2 aromatic carbocycles. The zero-order chi connectivity index (χ0) is 39.3. The average molecular weight is 759 g/mol. The third-order valence-corrected chi connectivity index (χ3v) is 10.9. The number of hydrogen-bond acceptors (Lipinski definition) is 9. The van der Waals surface area contributed by atoms with Crippen LogP contribution in [0.25, 0.3) is 33.9 Å². The van der Waals surface area contributed by atoms with Crippen LogP contribution in [0.1, 0.15) is 88.7 Å². The summed E-state index contributed by atoms with van der Waals surface area (Å²) in [5, 5.41) is 0. The van der Waals surface area contributed by atoms with E-state index in [1.807, 2.05) is 79.5 Å². The summed E-state index contributed by atoms with van der Waals surface area (Å²) in [7, 11) is 0. The van der Waals surface area contributed by atoms with Crippen molar-refractivity contribution in [1.82, 2.24) is 44.6 Å². The standard InChI is InChI=1S/C42H50N10O4/c1-5-50(6-2)35(28-12-8-7-9-13-28)40(53)51-20-10-14-33(51)38-46-24-31(48-38)27-16-18-29(19-17-27)37-44-22-30(23-45-37)32-25-47-39(49-32)34-15-11-21-52(34)41(54)36(26(3)4)56-42(43)55/h7-9,12-13,16-19,22-26,33-36H,5-6,10-11,14-15,20-21H2,1-4H3,(H2,43,55)(H,46,48)(H,47,49)/t33-,34-,35?,36?/m0/s1. The maximum atomic E-state index is 14.2. The first-order valence-electron chi connectivity index (χ1n) is 19.6. The summed E-state index contributed by atoms with van der Waals surface area (Å²) in [5.41, 5.74) is 10.5. The second-order valence-electron chi connectivity index (χ2n) is 14.8.